The molecule has 0 saturated carbocycles. The molecule has 0 amide bonds. The minimum atomic E-state index is 0.468. The maximum Gasteiger partial charge on any atom is 0.127 e. The molecule has 0 aromatic heterocycles. The number of hydrogen-bond donors (Lipinski definition) is 1. The van der Waals surface area contributed by atoms with Crippen LogP contribution in [0.2, 0.25) is 0 Å². The molecule has 0 aliphatic carbocycles. The molecule has 0 radical (unpaired) electrons. The van der Waals surface area contributed by atoms with Gasteiger partial charge in [-0.3, -0.25) is 0 Å². The minimum Gasteiger partial charge on any atom is -0.497 e. The summed E-state index contributed by atoms with van der Waals surface area (Å²) in [6.07, 6.45) is 0. The lowest BCUT2D eigenvalue weighted by molar-refractivity contribution is 0.390. The summed E-state index contributed by atoms with van der Waals surface area (Å²) >= 11 is 0. The van der Waals surface area contributed by atoms with Gasteiger partial charge in [0.15, 0.2) is 0 Å². The molecule has 1 N–H and O–H groups in total. The second kappa shape index (κ2) is 3.50. The highest BCUT2D eigenvalue weighted by molar-refractivity contribution is 5.49. The van der Waals surface area contributed by atoms with Gasteiger partial charge >= 0.3 is 0 Å². The molecule has 1 aromatic rings. The first-order chi connectivity index (χ1) is 6.76. The molecule has 0 spiro atoms. The zero-order valence-corrected chi connectivity index (χ0v) is 8.76. The summed E-state index contributed by atoms with van der Waals surface area (Å²) in [4.78, 5) is 0. The highest BCUT2D eigenvalue weighted by atomic mass is 16.5. The Morgan fingerprint density at radius 3 is 2.50 bits per heavy atom. The molecule has 3 heteroatoms. The van der Waals surface area contributed by atoms with Gasteiger partial charge in [0.2, 0.25) is 0 Å². The van der Waals surface area contributed by atoms with Gasteiger partial charge in [-0.15, -0.1) is 0 Å². The van der Waals surface area contributed by atoms with Crippen LogP contribution >= 0.6 is 0 Å². The normalized spacial score (nSPS) is 19.2. The predicted octanol–water partition coefficient (Wildman–Crippen LogP) is 1.66. The quantitative estimate of drug-likeness (QED) is 0.742. The van der Waals surface area contributed by atoms with Gasteiger partial charge < -0.3 is 14.8 Å². The second-order valence-electron chi connectivity index (χ2n) is 3.52. The summed E-state index contributed by atoms with van der Waals surface area (Å²) in [5, 5.41) is 3.28. The third kappa shape index (κ3) is 1.55. The van der Waals surface area contributed by atoms with Crippen molar-refractivity contribution in [3.63, 3.8) is 0 Å². The molecule has 1 fully saturated rings. The molecule has 0 unspecified atom stereocenters. The number of nitrogens with one attached hydrogen (secondary N) is 1. The van der Waals surface area contributed by atoms with Crippen molar-refractivity contribution in [2.24, 2.45) is 0 Å². The molecule has 1 atom stereocenters. The van der Waals surface area contributed by atoms with Crippen molar-refractivity contribution in [1.29, 1.82) is 0 Å². The van der Waals surface area contributed by atoms with Crippen LogP contribution in [0.1, 0.15) is 17.2 Å². The van der Waals surface area contributed by atoms with Crippen LogP contribution in [0.5, 0.6) is 11.5 Å². The first-order valence-electron chi connectivity index (χ1n) is 4.72. The standard InChI is InChI=1S/C11H15NO2/c1-7-4-8(13-2)5-10(14-3)11(7)9-6-12-9/h4-5,9,12H,6H2,1-3H3/t9-/m1/s1. The highest BCUT2D eigenvalue weighted by Gasteiger charge is 2.27. The highest BCUT2D eigenvalue weighted by Crippen LogP contribution is 2.36. The van der Waals surface area contributed by atoms with Crippen molar-refractivity contribution in [1.82, 2.24) is 5.32 Å². The fourth-order valence-electron chi connectivity index (χ4n) is 1.73. The Hall–Kier alpha value is -1.22. The number of hydrogen-bond acceptors (Lipinski definition) is 3. The molecule has 14 heavy (non-hydrogen) atoms. The monoisotopic (exact) mass is 193 g/mol. The van der Waals surface area contributed by atoms with E-state index in [0.29, 0.717) is 6.04 Å². The molecule has 1 aromatic carbocycles. The van der Waals surface area contributed by atoms with E-state index in [1.165, 1.54) is 11.1 Å². The molecular weight excluding hydrogens is 178 g/mol. The first-order valence-corrected chi connectivity index (χ1v) is 4.72. The van der Waals surface area contributed by atoms with Crippen molar-refractivity contribution in [3.8, 4) is 11.5 Å². The van der Waals surface area contributed by atoms with Crippen molar-refractivity contribution < 1.29 is 9.47 Å². The summed E-state index contributed by atoms with van der Waals surface area (Å²) < 4.78 is 10.5. The van der Waals surface area contributed by atoms with E-state index in [9.17, 15) is 0 Å². The Balaban J connectivity index is 2.46. The van der Waals surface area contributed by atoms with Gasteiger partial charge in [-0.25, -0.2) is 0 Å². The van der Waals surface area contributed by atoms with E-state index in [0.717, 1.165) is 18.0 Å². The van der Waals surface area contributed by atoms with E-state index in [1.54, 1.807) is 14.2 Å². The number of aryl methyl sites for hydroxylation is 1. The smallest absolute Gasteiger partial charge is 0.127 e. The van der Waals surface area contributed by atoms with E-state index in [-0.39, 0.29) is 0 Å². The molecule has 1 saturated heterocycles. The molecular formula is C11H15NO2. The number of methoxy groups -OCH3 is 2. The second-order valence-corrected chi connectivity index (χ2v) is 3.52. The topological polar surface area (TPSA) is 40.4 Å². The van der Waals surface area contributed by atoms with E-state index in [4.69, 9.17) is 9.47 Å². The molecule has 3 nitrogen and oxygen atoms in total. The third-order valence-electron chi connectivity index (χ3n) is 2.53. The SMILES string of the molecule is COc1cc(C)c([C@H]2CN2)c(OC)c1. The summed E-state index contributed by atoms with van der Waals surface area (Å²) in [5.74, 6) is 1.76. The largest absolute Gasteiger partial charge is 0.497 e. The summed E-state index contributed by atoms with van der Waals surface area (Å²) in [5.41, 5.74) is 2.48. The Kier molecular flexibility index (Phi) is 2.33. The molecule has 2 rings (SSSR count). The van der Waals surface area contributed by atoms with Crippen LogP contribution in [0.15, 0.2) is 12.1 Å². The lowest BCUT2D eigenvalue weighted by atomic mass is 10.0. The molecule has 1 heterocycles. The average Bonchev–Trinajstić information content (AvgIpc) is 3.00. The van der Waals surface area contributed by atoms with Crippen LogP contribution in [0.4, 0.5) is 0 Å². The fraction of sp³-hybridized carbons (Fsp3) is 0.455. The fourth-order valence-corrected chi connectivity index (χ4v) is 1.73. The first kappa shape index (κ1) is 9.34. The predicted molar refractivity (Wildman–Crippen MR) is 55.0 cm³/mol. The van der Waals surface area contributed by atoms with Crippen molar-refractivity contribution in [2.75, 3.05) is 20.8 Å². The Morgan fingerprint density at radius 1 is 1.29 bits per heavy atom. The van der Waals surface area contributed by atoms with Gasteiger partial charge in [0.1, 0.15) is 11.5 Å². The van der Waals surface area contributed by atoms with Gasteiger partial charge in [-0.2, -0.15) is 0 Å². The summed E-state index contributed by atoms with van der Waals surface area (Å²) in [7, 11) is 3.36. The lowest BCUT2D eigenvalue weighted by Gasteiger charge is -2.12. The minimum absolute atomic E-state index is 0.468. The van der Waals surface area contributed by atoms with Crippen LogP contribution in [0.25, 0.3) is 0 Å². The van der Waals surface area contributed by atoms with E-state index in [2.05, 4.69) is 12.2 Å². The molecule has 76 valence electrons. The number of ether oxygens (including phenoxy) is 2. The Labute approximate surface area is 84.0 Å². The Bertz CT molecular complexity index is 345. The van der Waals surface area contributed by atoms with Crippen LogP contribution in [-0.2, 0) is 0 Å². The summed E-state index contributed by atoms with van der Waals surface area (Å²) in [6, 6.07) is 4.44. The number of rotatable bonds is 3. The van der Waals surface area contributed by atoms with Gasteiger partial charge in [0, 0.05) is 24.2 Å². The molecule has 0 bridgehead atoms. The van der Waals surface area contributed by atoms with Gasteiger partial charge in [-0.1, -0.05) is 0 Å². The molecule has 1 aliphatic heterocycles. The van der Waals surface area contributed by atoms with Crippen molar-refractivity contribution >= 4 is 0 Å². The van der Waals surface area contributed by atoms with Crippen molar-refractivity contribution in [2.45, 2.75) is 13.0 Å². The molecule has 1 aliphatic rings. The maximum atomic E-state index is 5.35. The van der Waals surface area contributed by atoms with E-state index < -0.39 is 0 Å². The van der Waals surface area contributed by atoms with Gasteiger partial charge in [-0.05, 0) is 18.6 Å². The van der Waals surface area contributed by atoms with Crippen LogP contribution in [-0.4, -0.2) is 20.8 Å². The van der Waals surface area contributed by atoms with Crippen LogP contribution in [0.3, 0.4) is 0 Å². The Morgan fingerprint density at radius 2 is 2.00 bits per heavy atom. The number of benzene rings is 1. The van der Waals surface area contributed by atoms with E-state index in [1.807, 2.05) is 12.1 Å². The zero-order valence-electron chi connectivity index (χ0n) is 8.76. The van der Waals surface area contributed by atoms with Gasteiger partial charge in [0.05, 0.1) is 14.2 Å². The van der Waals surface area contributed by atoms with Gasteiger partial charge in [0.25, 0.3) is 0 Å². The van der Waals surface area contributed by atoms with Crippen LogP contribution < -0.4 is 14.8 Å². The van der Waals surface area contributed by atoms with Crippen molar-refractivity contribution in [3.05, 3.63) is 23.3 Å². The van der Waals surface area contributed by atoms with E-state index >= 15 is 0 Å². The third-order valence-corrected chi connectivity index (χ3v) is 2.53. The lowest BCUT2D eigenvalue weighted by Crippen LogP contribution is -1.97. The average molecular weight is 193 g/mol. The zero-order chi connectivity index (χ0) is 10.1. The summed E-state index contributed by atoms with van der Waals surface area (Å²) in [6.45, 7) is 3.13. The van der Waals surface area contributed by atoms with Crippen LogP contribution in [0, 0.1) is 6.92 Å². The maximum absolute atomic E-state index is 5.35.